The minimum absolute atomic E-state index is 0.413. The fraction of sp³-hybridized carbons (Fsp3) is 0.917. The van der Waals surface area contributed by atoms with Gasteiger partial charge in [0.2, 0.25) is 0 Å². The third kappa shape index (κ3) is 3.19. The van der Waals surface area contributed by atoms with Crippen molar-refractivity contribution in [2.24, 2.45) is 11.7 Å². The summed E-state index contributed by atoms with van der Waals surface area (Å²) in [5.74, 6) is 0.786. The highest BCUT2D eigenvalue weighted by Gasteiger charge is 2.29. The Bertz CT molecular complexity index is 221. The van der Waals surface area contributed by atoms with Gasteiger partial charge in [0.1, 0.15) is 0 Å². The first-order valence-electron chi connectivity index (χ1n) is 6.05. The number of hydrogen-bond acceptors (Lipinski definition) is 3. The molecule has 1 aliphatic heterocycles. The average molecular weight is 209 g/mol. The number of rotatable bonds is 4. The first kappa shape index (κ1) is 12.5. The molecule has 0 spiro atoms. The maximum atomic E-state index is 8.80. The van der Waals surface area contributed by atoms with Gasteiger partial charge in [-0.1, -0.05) is 13.8 Å². The maximum Gasteiger partial charge on any atom is 0.0638 e. The second-order valence-corrected chi connectivity index (χ2v) is 4.68. The first-order chi connectivity index (χ1) is 7.22. The minimum Gasteiger partial charge on any atom is -0.329 e. The molecule has 0 amide bonds. The van der Waals surface area contributed by atoms with Crippen LogP contribution in [0.4, 0.5) is 0 Å². The van der Waals surface area contributed by atoms with Gasteiger partial charge in [-0.2, -0.15) is 5.26 Å². The summed E-state index contributed by atoms with van der Waals surface area (Å²) >= 11 is 0. The molecule has 1 saturated heterocycles. The Morgan fingerprint density at radius 1 is 1.60 bits per heavy atom. The lowest BCUT2D eigenvalue weighted by Gasteiger charge is -2.42. The summed E-state index contributed by atoms with van der Waals surface area (Å²) in [5.41, 5.74) is 5.82. The molecule has 0 aromatic carbocycles. The standard InChI is InChI=1S/C12H23N3/c1-3-11(4-6-13)15-7-5-10(2)8-12(15)9-14/h10-12H,3-5,7-9,14H2,1-2H3. The molecule has 0 aliphatic carbocycles. The smallest absolute Gasteiger partial charge is 0.0638 e. The SMILES string of the molecule is CCC(CC#N)N1CCC(C)CC1CN. The van der Waals surface area contributed by atoms with Gasteiger partial charge in [-0.15, -0.1) is 0 Å². The molecule has 1 aliphatic rings. The maximum absolute atomic E-state index is 8.80. The van der Waals surface area contributed by atoms with Crippen LogP contribution < -0.4 is 5.73 Å². The fourth-order valence-corrected chi connectivity index (χ4v) is 2.58. The lowest BCUT2D eigenvalue weighted by Crippen LogP contribution is -2.50. The number of nitriles is 1. The molecule has 0 saturated carbocycles. The van der Waals surface area contributed by atoms with Crippen LogP contribution in [-0.2, 0) is 0 Å². The molecule has 1 rings (SSSR count). The van der Waals surface area contributed by atoms with E-state index < -0.39 is 0 Å². The zero-order valence-corrected chi connectivity index (χ0v) is 9.95. The second kappa shape index (κ2) is 6.09. The summed E-state index contributed by atoms with van der Waals surface area (Å²) in [7, 11) is 0. The number of hydrogen-bond donors (Lipinski definition) is 1. The predicted molar refractivity (Wildman–Crippen MR) is 62.3 cm³/mol. The number of nitrogens with two attached hydrogens (primary N) is 1. The number of nitrogens with zero attached hydrogens (tertiary/aromatic N) is 2. The zero-order valence-electron chi connectivity index (χ0n) is 9.95. The lowest BCUT2D eigenvalue weighted by molar-refractivity contribution is 0.0756. The Morgan fingerprint density at radius 3 is 2.87 bits per heavy atom. The van der Waals surface area contributed by atoms with E-state index in [0.29, 0.717) is 18.5 Å². The van der Waals surface area contributed by atoms with E-state index in [0.717, 1.165) is 25.4 Å². The van der Waals surface area contributed by atoms with Crippen LogP contribution in [-0.4, -0.2) is 30.1 Å². The lowest BCUT2D eigenvalue weighted by atomic mass is 9.90. The molecule has 0 bridgehead atoms. The summed E-state index contributed by atoms with van der Waals surface area (Å²) in [5, 5.41) is 8.80. The number of piperidine rings is 1. The van der Waals surface area contributed by atoms with Crippen LogP contribution in [0.1, 0.15) is 39.5 Å². The van der Waals surface area contributed by atoms with Gasteiger partial charge in [-0.25, -0.2) is 0 Å². The third-order valence-corrected chi connectivity index (χ3v) is 3.56. The Morgan fingerprint density at radius 2 is 2.33 bits per heavy atom. The molecule has 1 fully saturated rings. The van der Waals surface area contributed by atoms with Crippen molar-refractivity contribution < 1.29 is 0 Å². The molecule has 0 radical (unpaired) electrons. The molecule has 3 atom stereocenters. The van der Waals surface area contributed by atoms with Gasteiger partial charge in [-0.3, -0.25) is 4.90 Å². The van der Waals surface area contributed by atoms with Gasteiger partial charge >= 0.3 is 0 Å². The van der Waals surface area contributed by atoms with E-state index in [4.69, 9.17) is 11.0 Å². The largest absolute Gasteiger partial charge is 0.329 e. The van der Waals surface area contributed by atoms with E-state index >= 15 is 0 Å². The fourth-order valence-electron chi connectivity index (χ4n) is 2.58. The molecule has 3 unspecified atom stereocenters. The summed E-state index contributed by atoms with van der Waals surface area (Å²) in [4.78, 5) is 2.46. The molecule has 1 heterocycles. The summed E-state index contributed by atoms with van der Waals surface area (Å²) in [6, 6.07) is 3.20. The normalized spacial score (nSPS) is 29.7. The van der Waals surface area contributed by atoms with Crippen LogP contribution in [0.5, 0.6) is 0 Å². The molecule has 0 aromatic rings. The molecule has 0 aromatic heterocycles. The third-order valence-electron chi connectivity index (χ3n) is 3.56. The van der Waals surface area contributed by atoms with Crippen LogP contribution >= 0.6 is 0 Å². The van der Waals surface area contributed by atoms with E-state index in [2.05, 4.69) is 24.8 Å². The summed E-state index contributed by atoms with van der Waals surface area (Å²) in [6.07, 6.45) is 4.14. The highest BCUT2D eigenvalue weighted by molar-refractivity contribution is 4.89. The average Bonchev–Trinajstić information content (AvgIpc) is 2.26. The van der Waals surface area contributed by atoms with Crippen LogP contribution in [0.3, 0.4) is 0 Å². The van der Waals surface area contributed by atoms with Gasteiger partial charge < -0.3 is 5.73 Å². The van der Waals surface area contributed by atoms with E-state index in [9.17, 15) is 0 Å². The first-order valence-corrected chi connectivity index (χ1v) is 6.05. The second-order valence-electron chi connectivity index (χ2n) is 4.68. The highest BCUT2D eigenvalue weighted by Crippen LogP contribution is 2.25. The van der Waals surface area contributed by atoms with Gasteiger partial charge in [-0.05, 0) is 31.7 Å². The van der Waals surface area contributed by atoms with Crippen molar-refractivity contribution in [1.82, 2.24) is 4.90 Å². The highest BCUT2D eigenvalue weighted by atomic mass is 15.2. The molecular formula is C12H23N3. The quantitative estimate of drug-likeness (QED) is 0.767. The van der Waals surface area contributed by atoms with E-state index in [1.165, 1.54) is 12.8 Å². The number of likely N-dealkylation sites (tertiary alicyclic amines) is 1. The summed E-state index contributed by atoms with van der Waals surface area (Å²) in [6.45, 7) is 6.30. The molecule has 3 heteroatoms. The minimum atomic E-state index is 0.413. The molecule has 2 N–H and O–H groups in total. The van der Waals surface area contributed by atoms with Crippen molar-refractivity contribution in [1.29, 1.82) is 5.26 Å². The van der Waals surface area contributed by atoms with Crippen molar-refractivity contribution >= 4 is 0 Å². The summed E-state index contributed by atoms with van der Waals surface area (Å²) < 4.78 is 0. The molecule has 15 heavy (non-hydrogen) atoms. The zero-order chi connectivity index (χ0) is 11.3. The molecule has 86 valence electrons. The van der Waals surface area contributed by atoms with E-state index in [-0.39, 0.29) is 0 Å². The van der Waals surface area contributed by atoms with E-state index in [1.54, 1.807) is 0 Å². The van der Waals surface area contributed by atoms with Crippen molar-refractivity contribution in [2.75, 3.05) is 13.1 Å². The molecular weight excluding hydrogens is 186 g/mol. The topological polar surface area (TPSA) is 53.0 Å². The Labute approximate surface area is 93.2 Å². The Balaban J connectivity index is 2.61. The van der Waals surface area contributed by atoms with Crippen LogP contribution in [0, 0.1) is 17.2 Å². The van der Waals surface area contributed by atoms with Crippen molar-refractivity contribution in [3.63, 3.8) is 0 Å². The van der Waals surface area contributed by atoms with Gasteiger partial charge in [0.25, 0.3) is 0 Å². The van der Waals surface area contributed by atoms with Crippen molar-refractivity contribution in [3.8, 4) is 6.07 Å². The van der Waals surface area contributed by atoms with Gasteiger partial charge in [0.15, 0.2) is 0 Å². The van der Waals surface area contributed by atoms with Crippen molar-refractivity contribution in [2.45, 2.75) is 51.6 Å². The van der Waals surface area contributed by atoms with Gasteiger partial charge in [0.05, 0.1) is 12.5 Å². The van der Waals surface area contributed by atoms with Crippen LogP contribution in [0.2, 0.25) is 0 Å². The van der Waals surface area contributed by atoms with Crippen molar-refractivity contribution in [3.05, 3.63) is 0 Å². The Kier molecular flexibility index (Phi) is 5.07. The van der Waals surface area contributed by atoms with Gasteiger partial charge in [0, 0.05) is 18.6 Å². The Hall–Kier alpha value is -0.590. The predicted octanol–water partition coefficient (Wildman–Crippen LogP) is 1.74. The molecule has 3 nitrogen and oxygen atoms in total. The van der Waals surface area contributed by atoms with Crippen LogP contribution in [0.15, 0.2) is 0 Å². The monoisotopic (exact) mass is 209 g/mol. The van der Waals surface area contributed by atoms with E-state index in [1.807, 2.05) is 0 Å². The van der Waals surface area contributed by atoms with Crippen LogP contribution in [0.25, 0.3) is 0 Å².